The summed E-state index contributed by atoms with van der Waals surface area (Å²) in [7, 11) is 4.00. The Bertz CT molecular complexity index is 1140. The van der Waals surface area contributed by atoms with E-state index in [4.69, 9.17) is 9.97 Å². The lowest BCUT2D eigenvalue weighted by atomic mass is 9.99. The maximum atomic E-state index is 13.1. The summed E-state index contributed by atoms with van der Waals surface area (Å²) in [5.41, 5.74) is 6.30. The van der Waals surface area contributed by atoms with Crippen LogP contribution in [-0.4, -0.2) is 39.8 Å². The molecule has 0 spiro atoms. The van der Waals surface area contributed by atoms with E-state index in [1.54, 1.807) is 4.68 Å². The molecule has 7 heteroatoms. The Hall–Kier alpha value is -3.22. The van der Waals surface area contributed by atoms with E-state index in [0.717, 1.165) is 58.3 Å². The fourth-order valence-corrected chi connectivity index (χ4v) is 4.03. The van der Waals surface area contributed by atoms with Gasteiger partial charge in [-0.3, -0.25) is 9.48 Å². The van der Waals surface area contributed by atoms with E-state index in [1.165, 1.54) is 0 Å². The molecular weight excluding hydrogens is 412 g/mol. The number of aromatic nitrogens is 4. The van der Waals surface area contributed by atoms with Gasteiger partial charge in [0.1, 0.15) is 18.2 Å². The van der Waals surface area contributed by atoms with Crippen molar-refractivity contribution in [2.45, 2.75) is 65.5 Å². The highest BCUT2D eigenvalue weighted by Gasteiger charge is 2.28. The molecule has 0 saturated heterocycles. The van der Waals surface area contributed by atoms with Gasteiger partial charge >= 0.3 is 0 Å². The minimum absolute atomic E-state index is 0.0589. The molecule has 0 aliphatic heterocycles. The number of nitrogens with one attached hydrogen (secondary N) is 1. The molecule has 0 radical (unpaired) electrons. The highest BCUT2D eigenvalue weighted by atomic mass is 16.2. The van der Waals surface area contributed by atoms with Crippen molar-refractivity contribution in [2.24, 2.45) is 0 Å². The molecule has 1 fully saturated rings. The van der Waals surface area contributed by atoms with E-state index in [-0.39, 0.29) is 18.5 Å². The first-order chi connectivity index (χ1) is 15.7. The SMILES string of the molecule is Cc1cccc([C@@H](Cc2cc(N(C)C)nc(C3CC3)n2)NC(=O)Cn2nc(C)c(C)c2C)c1. The molecule has 1 amide bonds. The smallest absolute Gasteiger partial charge is 0.242 e. The number of rotatable bonds is 8. The maximum Gasteiger partial charge on any atom is 0.242 e. The van der Waals surface area contributed by atoms with Gasteiger partial charge in [-0.05, 0) is 51.7 Å². The van der Waals surface area contributed by atoms with Gasteiger partial charge in [0.15, 0.2) is 0 Å². The Balaban J connectivity index is 1.60. The highest BCUT2D eigenvalue weighted by molar-refractivity contribution is 5.76. The number of benzene rings is 1. The molecule has 2 heterocycles. The number of hydrogen-bond acceptors (Lipinski definition) is 5. The van der Waals surface area contributed by atoms with E-state index in [1.807, 2.05) is 51.9 Å². The zero-order valence-corrected chi connectivity index (χ0v) is 20.5. The Morgan fingerprint density at radius 1 is 1.15 bits per heavy atom. The van der Waals surface area contributed by atoms with Gasteiger partial charge in [0, 0.05) is 43.9 Å². The molecule has 2 aromatic heterocycles. The number of carbonyl (C=O) groups is 1. The number of anilines is 1. The average molecular weight is 447 g/mol. The van der Waals surface area contributed by atoms with E-state index in [9.17, 15) is 4.79 Å². The summed E-state index contributed by atoms with van der Waals surface area (Å²) in [5, 5.41) is 7.78. The summed E-state index contributed by atoms with van der Waals surface area (Å²) in [6, 6.07) is 10.2. The summed E-state index contributed by atoms with van der Waals surface area (Å²) >= 11 is 0. The van der Waals surface area contributed by atoms with Crippen LogP contribution in [0.2, 0.25) is 0 Å². The normalized spacial score (nSPS) is 14.2. The van der Waals surface area contributed by atoms with Crippen molar-refractivity contribution < 1.29 is 4.79 Å². The van der Waals surface area contributed by atoms with Crippen LogP contribution in [0.15, 0.2) is 30.3 Å². The molecule has 1 aromatic carbocycles. The topological polar surface area (TPSA) is 75.9 Å². The molecule has 1 aliphatic rings. The van der Waals surface area contributed by atoms with Crippen LogP contribution in [0.1, 0.15) is 64.4 Å². The quantitative estimate of drug-likeness (QED) is 0.567. The number of amides is 1. The lowest BCUT2D eigenvalue weighted by Crippen LogP contribution is -2.33. The van der Waals surface area contributed by atoms with Crippen LogP contribution < -0.4 is 10.2 Å². The van der Waals surface area contributed by atoms with E-state index < -0.39 is 0 Å². The molecule has 174 valence electrons. The van der Waals surface area contributed by atoms with E-state index >= 15 is 0 Å². The molecule has 4 rings (SSSR count). The average Bonchev–Trinajstić information content (AvgIpc) is 3.59. The van der Waals surface area contributed by atoms with E-state index in [0.29, 0.717) is 12.3 Å². The predicted molar refractivity (Wildman–Crippen MR) is 131 cm³/mol. The number of nitrogens with zero attached hydrogens (tertiary/aromatic N) is 5. The molecule has 3 aromatic rings. The predicted octanol–water partition coefficient (Wildman–Crippen LogP) is 3.95. The lowest BCUT2D eigenvalue weighted by molar-refractivity contribution is -0.122. The largest absolute Gasteiger partial charge is 0.363 e. The second-order valence-corrected chi connectivity index (χ2v) is 9.44. The van der Waals surface area contributed by atoms with E-state index in [2.05, 4.69) is 35.5 Å². The lowest BCUT2D eigenvalue weighted by Gasteiger charge is -2.21. The summed E-state index contributed by atoms with van der Waals surface area (Å²) in [6.45, 7) is 8.28. The van der Waals surface area contributed by atoms with Gasteiger partial charge in [-0.15, -0.1) is 0 Å². The van der Waals surface area contributed by atoms with Crippen LogP contribution in [0.4, 0.5) is 5.82 Å². The van der Waals surface area contributed by atoms with Crippen LogP contribution in [0.25, 0.3) is 0 Å². The Labute approximate surface area is 196 Å². The summed E-state index contributed by atoms with van der Waals surface area (Å²) in [4.78, 5) is 24.7. The number of hydrogen-bond donors (Lipinski definition) is 1. The monoisotopic (exact) mass is 446 g/mol. The standard InChI is InChI=1S/C26H34N6O/c1-16-8-7-9-21(12-16)23(28-25(33)15-32-19(4)17(2)18(3)30-32)13-22-14-24(31(5)6)29-26(27-22)20-10-11-20/h7-9,12,14,20,23H,10-11,13,15H2,1-6H3,(H,28,33)/t23-/m1/s1. The second kappa shape index (κ2) is 9.33. The van der Waals surface area contributed by atoms with Gasteiger partial charge in [0.05, 0.1) is 11.7 Å². The van der Waals surface area contributed by atoms with Crippen LogP contribution in [0.5, 0.6) is 0 Å². The van der Waals surface area contributed by atoms with Crippen molar-refractivity contribution >= 4 is 11.7 Å². The van der Waals surface area contributed by atoms with Gasteiger partial charge in [-0.2, -0.15) is 5.10 Å². The van der Waals surface area contributed by atoms with Crippen molar-refractivity contribution in [3.05, 3.63) is 69.9 Å². The minimum atomic E-state index is -0.188. The van der Waals surface area contributed by atoms with Crippen LogP contribution in [0.3, 0.4) is 0 Å². The van der Waals surface area contributed by atoms with Gasteiger partial charge in [-0.25, -0.2) is 9.97 Å². The Kier molecular flexibility index (Phi) is 6.49. The van der Waals surface area contributed by atoms with Gasteiger partial charge < -0.3 is 10.2 Å². The third-order valence-corrected chi connectivity index (χ3v) is 6.41. The molecule has 1 N–H and O–H groups in total. The van der Waals surface area contributed by atoms with Crippen molar-refractivity contribution in [2.75, 3.05) is 19.0 Å². The third kappa shape index (κ3) is 5.41. The number of aryl methyl sites for hydroxylation is 2. The van der Waals surface area contributed by atoms with Crippen molar-refractivity contribution in [3.8, 4) is 0 Å². The van der Waals surface area contributed by atoms with Gasteiger partial charge in [0.25, 0.3) is 0 Å². The Morgan fingerprint density at radius 3 is 2.52 bits per heavy atom. The van der Waals surface area contributed by atoms with Crippen LogP contribution in [-0.2, 0) is 17.8 Å². The second-order valence-electron chi connectivity index (χ2n) is 9.44. The summed E-state index contributed by atoms with van der Waals surface area (Å²) in [6.07, 6.45) is 2.90. The first-order valence-corrected chi connectivity index (χ1v) is 11.6. The molecule has 1 saturated carbocycles. The molecule has 33 heavy (non-hydrogen) atoms. The molecule has 0 unspecified atom stereocenters. The first-order valence-electron chi connectivity index (χ1n) is 11.6. The minimum Gasteiger partial charge on any atom is -0.363 e. The summed E-state index contributed by atoms with van der Waals surface area (Å²) < 4.78 is 1.79. The van der Waals surface area contributed by atoms with Gasteiger partial charge in [-0.1, -0.05) is 29.8 Å². The van der Waals surface area contributed by atoms with Crippen molar-refractivity contribution in [3.63, 3.8) is 0 Å². The van der Waals surface area contributed by atoms with Crippen molar-refractivity contribution in [1.82, 2.24) is 25.1 Å². The highest BCUT2D eigenvalue weighted by Crippen LogP contribution is 2.38. The van der Waals surface area contributed by atoms with Gasteiger partial charge in [0.2, 0.25) is 5.91 Å². The zero-order chi connectivity index (χ0) is 23.7. The summed E-state index contributed by atoms with van der Waals surface area (Å²) in [5.74, 6) is 2.24. The fraction of sp³-hybridized carbons (Fsp3) is 0.462. The first kappa shape index (κ1) is 23.0. The van der Waals surface area contributed by atoms with Crippen LogP contribution >= 0.6 is 0 Å². The van der Waals surface area contributed by atoms with Crippen LogP contribution in [0, 0.1) is 27.7 Å². The molecular formula is C26H34N6O. The van der Waals surface area contributed by atoms with Crippen molar-refractivity contribution in [1.29, 1.82) is 0 Å². The maximum absolute atomic E-state index is 13.1. The molecule has 1 atom stereocenters. The number of carbonyl (C=O) groups excluding carboxylic acids is 1. The molecule has 7 nitrogen and oxygen atoms in total. The molecule has 0 bridgehead atoms. The Morgan fingerprint density at radius 2 is 1.91 bits per heavy atom. The third-order valence-electron chi connectivity index (χ3n) is 6.41. The fourth-order valence-electron chi connectivity index (χ4n) is 4.03. The zero-order valence-electron chi connectivity index (χ0n) is 20.5. The molecule has 1 aliphatic carbocycles.